The van der Waals surface area contributed by atoms with Gasteiger partial charge in [0.25, 0.3) is 0 Å². The van der Waals surface area contributed by atoms with E-state index in [1.54, 1.807) is 24.3 Å². The van der Waals surface area contributed by atoms with Crippen LogP contribution in [0.25, 0.3) is 0 Å². The van der Waals surface area contributed by atoms with Crippen LogP contribution in [0, 0.1) is 0 Å². The van der Waals surface area contributed by atoms with Gasteiger partial charge in [-0.2, -0.15) is 0 Å². The molecule has 0 atom stereocenters. The molecule has 0 spiro atoms. The Morgan fingerprint density at radius 3 is 2.14 bits per heavy atom. The minimum absolute atomic E-state index is 0.0354. The molecule has 0 aliphatic carbocycles. The lowest BCUT2D eigenvalue weighted by Gasteiger charge is -2.06. The first kappa shape index (κ1) is 15.3. The molecule has 2 rings (SSSR count). The fourth-order valence-electron chi connectivity index (χ4n) is 1.85. The lowest BCUT2D eigenvalue weighted by Crippen LogP contribution is -2.06. The summed E-state index contributed by atoms with van der Waals surface area (Å²) in [4.78, 5) is 11.9. The summed E-state index contributed by atoms with van der Waals surface area (Å²) in [5, 5.41) is 0. The number of carbonyl (C=O) groups is 1. The Kier molecular flexibility index (Phi) is 4.75. The SMILES string of the molecule is CS(=O)(=O)Cc1ccc(C(=O)OCc2ccccc2)cc1. The van der Waals surface area contributed by atoms with Crippen LogP contribution in [0.5, 0.6) is 0 Å². The largest absolute Gasteiger partial charge is 0.457 e. The molecule has 2 aromatic carbocycles. The molecule has 110 valence electrons. The number of hydrogen-bond acceptors (Lipinski definition) is 4. The second-order valence-electron chi connectivity index (χ2n) is 4.83. The fraction of sp³-hybridized carbons (Fsp3) is 0.188. The van der Waals surface area contributed by atoms with Crippen LogP contribution in [-0.2, 0) is 26.9 Å². The van der Waals surface area contributed by atoms with E-state index in [0.717, 1.165) is 5.56 Å². The highest BCUT2D eigenvalue weighted by molar-refractivity contribution is 7.89. The van der Waals surface area contributed by atoms with Gasteiger partial charge in [-0.3, -0.25) is 0 Å². The number of benzene rings is 2. The molecule has 0 bridgehead atoms. The van der Waals surface area contributed by atoms with Crippen LogP contribution >= 0.6 is 0 Å². The predicted molar refractivity (Wildman–Crippen MR) is 80.6 cm³/mol. The summed E-state index contributed by atoms with van der Waals surface area (Å²) in [6.07, 6.45) is 1.18. The van der Waals surface area contributed by atoms with Crippen LogP contribution in [0.3, 0.4) is 0 Å². The van der Waals surface area contributed by atoms with Gasteiger partial charge in [0, 0.05) is 6.26 Å². The molecule has 0 unspecified atom stereocenters. The van der Waals surface area contributed by atoms with Gasteiger partial charge < -0.3 is 4.74 Å². The van der Waals surface area contributed by atoms with Crippen LogP contribution in [0.1, 0.15) is 21.5 Å². The molecule has 2 aromatic rings. The van der Waals surface area contributed by atoms with Crippen LogP contribution in [0.4, 0.5) is 0 Å². The molecule has 21 heavy (non-hydrogen) atoms. The second-order valence-corrected chi connectivity index (χ2v) is 6.97. The summed E-state index contributed by atoms with van der Waals surface area (Å²) >= 11 is 0. The number of carbonyl (C=O) groups excluding carboxylic acids is 1. The van der Waals surface area contributed by atoms with Crippen molar-refractivity contribution in [2.75, 3.05) is 6.26 Å². The average molecular weight is 304 g/mol. The Labute approximate surface area is 124 Å². The molecule has 5 heteroatoms. The van der Waals surface area contributed by atoms with Crippen LogP contribution in [0.2, 0.25) is 0 Å². The molecule has 0 saturated carbocycles. The highest BCUT2D eigenvalue weighted by Crippen LogP contribution is 2.10. The van der Waals surface area contributed by atoms with E-state index < -0.39 is 15.8 Å². The molecule has 0 heterocycles. The van der Waals surface area contributed by atoms with E-state index in [0.29, 0.717) is 11.1 Å². The van der Waals surface area contributed by atoms with E-state index in [1.807, 2.05) is 30.3 Å². The van der Waals surface area contributed by atoms with Crippen molar-refractivity contribution in [3.8, 4) is 0 Å². The third-order valence-electron chi connectivity index (χ3n) is 2.83. The number of sulfone groups is 1. The molecule has 0 radical (unpaired) electrons. The quantitative estimate of drug-likeness (QED) is 0.797. The number of esters is 1. The van der Waals surface area contributed by atoms with Crippen molar-refractivity contribution < 1.29 is 17.9 Å². The highest BCUT2D eigenvalue weighted by atomic mass is 32.2. The van der Waals surface area contributed by atoms with Crippen molar-refractivity contribution in [2.45, 2.75) is 12.4 Å². The van der Waals surface area contributed by atoms with Gasteiger partial charge >= 0.3 is 5.97 Å². The minimum Gasteiger partial charge on any atom is -0.457 e. The summed E-state index contributed by atoms with van der Waals surface area (Å²) in [6, 6.07) is 15.8. The van der Waals surface area contributed by atoms with Gasteiger partial charge in [0.15, 0.2) is 9.84 Å². The van der Waals surface area contributed by atoms with Crippen molar-refractivity contribution in [2.24, 2.45) is 0 Å². The maximum atomic E-state index is 11.9. The van der Waals surface area contributed by atoms with Crippen LogP contribution in [0.15, 0.2) is 54.6 Å². The van der Waals surface area contributed by atoms with Gasteiger partial charge in [0.05, 0.1) is 11.3 Å². The minimum atomic E-state index is -3.07. The molecule has 0 saturated heterocycles. The second kappa shape index (κ2) is 6.54. The van der Waals surface area contributed by atoms with Crippen molar-refractivity contribution in [1.82, 2.24) is 0 Å². The average Bonchev–Trinajstić information content (AvgIpc) is 2.45. The summed E-state index contributed by atoms with van der Waals surface area (Å²) in [7, 11) is -3.07. The molecule has 0 fully saturated rings. The first-order chi connectivity index (χ1) is 9.94. The van der Waals surface area contributed by atoms with Crippen LogP contribution < -0.4 is 0 Å². The summed E-state index contributed by atoms with van der Waals surface area (Å²) in [6.45, 7) is 0.213. The summed E-state index contributed by atoms with van der Waals surface area (Å²) in [5.74, 6) is -0.462. The maximum absolute atomic E-state index is 11.9. The molecule has 0 aromatic heterocycles. The van der Waals surface area contributed by atoms with E-state index in [9.17, 15) is 13.2 Å². The monoisotopic (exact) mass is 304 g/mol. The number of rotatable bonds is 5. The lowest BCUT2D eigenvalue weighted by molar-refractivity contribution is 0.0472. The fourth-order valence-corrected chi connectivity index (χ4v) is 2.64. The Bertz CT molecular complexity index is 704. The van der Waals surface area contributed by atoms with Gasteiger partial charge in [-0.05, 0) is 23.3 Å². The van der Waals surface area contributed by atoms with Gasteiger partial charge in [-0.25, -0.2) is 13.2 Å². The summed E-state index contributed by atoms with van der Waals surface area (Å²) in [5.41, 5.74) is 1.97. The number of hydrogen-bond donors (Lipinski definition) is 0. The predicted octanol–water partition coefficient (Wildman–Crippen LogP) is 2.59. The third kappa shape index (κ3) is 5.04. The van der Waals surface area contributed by atoms with Crippen molar-refractivity contribution in [3.63, 3.8) is 0 Å². The van der Waals surface area contributed by atoms with Crippen molar-refractivity contribution >= 4 is 15.8 Å². The topological polar surface area (TPSA) is 60.4 Å². The Hall–Kier alpha value is -2.14. The standard InChI is InChI=1S/C16H16O4S/c1-21(18,19)12-14-7-9-15(10-8-14)16(17)20-11-13-5-3-2-4-6-13/h2-10H,11-12H2,1H3. The van der Waals surface area contributed by atoms with Crippen molar-refractivity contribution in [3.05, 3.63) is 71.3 Å². The third-order valence-corrected chi connectivity index (χ3v) is 3.69. The van der Waals surface area contributed by atoms with E-state index in [1.165, 1.54) is 6.26 Å². The maximum Gasteiger partial charge on any atom is 0.338 e. The van der Waals surface area contributed by atoms with Crippen molar-refractivity contribution in [1.29, 1.82) is 0 Å². The zero-order valence-electron chi connectivity index (χ0n) is 11.7. The van der Waals surface area contributed by atoms with Crippen LogP contribution in [-0.4, -0.2) is 20.6 Å². The normalized spacial score (nSPS) is 11.1. The first-order valence-electron chi connectivity index (χ1n) is 6.42. The molecule has 0 aliphatic rings. The molecule has 0 aliphatic heterocycles. The van der Waals surface area contributed by atoms with Gasteiger partial charge in [-0.1, -0.05) is 42.5 Å². The van der Waals surface area contributed by atoms with E-state index in [2.05, 4.69) is 0 Å². The molecular formula is C16H16O4S. The first-order valence-corrected chi connectivity index (χ1v) is 8.48. The Morgan fingerprint density at radius 2 is 1.57 bits per heavy atom. The zero-order chi connectivity index (χ0) is 15.3. The van der Waals surface area contributed by atoms with E-state index in [4.69, 9.17) is 4.74 Å². The zero-order valence-corrected chi connectivity index (χ0v) is 12.5. The highest BCUT2D eigenvalue weighted by Gasteiger charge is 2.09. The lowest BCUT2D eigenvalue weighted by atomic mass is 10.1. The number of ether oxygens (including phenoxy) is 1. The molecule has 0 N–H and O–H groups in total. The van der Waals surface area contributed by atoms with Gasteiger partial charge in [0.1, 0.15) is 6.61 Å². The van der Waals surface area contributed by atoms with E-state index in [-0.39, 0.29) is 12.4 Å². The summed E-state index contributed by atoms with van der Waals surface area (Å²) < 4.78 is 27.6. The molecule has 4 nitrogen and oxygen atoms in total. The molecular weight excluding hydrogens is 288 g/mol. The molecule has 0 amide bonds. The van der Waals surface area contributed by atoms with Gasteiger partial charge in [0.2, 0.25) is 0 Å². The van der Waals surface area contributed by atoms with E-state index >= 15 is 0 Å². The Balaban J connectivity index is 1.97. The Morgan fingerprint density at radius 1 is 0.952 bits per heavy atom. The smallest absolute Gasteiger partial charge is 0.338 e. The van der Waals surface area contributed by atoms with Gasteiger partial charge in [-0.15, -0.1) is 0 Å².